The van der Waals surface area contributed by atoms with Gasteiger partial charge in [-0.1, -0.05) is 12.1 Å². The van der Waals surface area contributed by atoms with E-state index in [1.54, 1.807) is 12.1 Å². The molecule has 0 bridgehead atoms. The Hall–Kier alpha value is -3.03. The lowest BCUT2D eigenvalue weighted by atomic mass is 10.1. The zero-order chi connectivity index (χ0) is 19.3. The summed E-state index contributed by atoms with van der Waals surface area (Å²) in [5.74, 6) is -0.618. The highest BCUT2D eigenvalue weighted by Crippen LogP contribution is 2.29. The van der Waals surface area contributed by atoms with Gasteiger partial charge in [-0.3, -0.25) is 10.1 Å². The number of benzene rings is 2. The van der Waals surface area contributed by atoms with Gasteiger partial charge in [0.05, 0.1) is 12.1 Å². The van der Waals surface area contributed by atoms with E-state index in [4.69, 9.17) is 0 Å². The van der Waals surface area contributed by atoms with E-state index in [2.05, 4.69) is 16.0 Å². The minimum atomic E-state index is -4.41. The lowest BCUT2D eigenvalue weighted by Gasteiger charge is -2.12. The molecule has 3 amide bonds. The molecule has 0 aliphatic rings. The van der Waals surface area contributed by atoms with Crippen LogP contribution in [0.25, 0.3) is 0 Å². The van der Waals surface area contributed by atoms with Crippen LogP contribution >= 0.6 is 0 Å². The smallest absolute Gasteiger partial charge is 0.376 e. The van der Waals surface area contributed by atoms with Gasteiger partial charge in [0.15, 0.2) is 0 Å². The van der Waals surface area contributed by atoms with Crippen molar-refractivity contribution in [1.82, 2.24) is 5.32 Å². The van der Waals surface area contributed by atoms with E-state index in [-0.39, 0.29) is 6.54 Å². The van der Waals surface area contributed by atoms with Crippen molar-refractivity contribution in [3.8, 4) is 0 Å². The number of halogens is 3. The first kappa shape index (κ1) is 19.3. The van der Waals surface area contributed by atoms with Crippen LogP contribution in [0.1, 0.15) is 16.7 Å². The van der Waals surface area contributed by atoms with Gasteiger partial charge in [-0.2, -0.15) is 13.2 Å². The van der Waals surface area contributed by atoms with Crippen molar-refractivity contribution >= 4 is 23.3 Å². The third-order valence-corrected chi connectivity index (χ3v) is 3.77. The SMILES string of the molecule is Cc1cccc(NC(=O)NC(=O)CNc2ccc(C(F)(F)F)cc2)c1C. The maximum Gasteiger partial charge on any atom is 0.416 e. The first-order valence-corrected chi connectivity index (χ1v) is 7.75. The summed E-state index contributed by atoms with van der Waals surface area (Å²) in [6.45, 7) is 3.49. The van der Waals surface area contributed by atoms with Crippen LogP contribution in [0.4, 0.5) is 29.3 Å². The largest absolute Gasteiger partial charge is 0.416 e. The molecular weight excluding hydrogens is 347 g/mol. The molecule has 2 aromatic carbocycles. The quantitative estimate of drug-likeness (QED) is 0.765. The maximum absolute atomic E-state index is 12.5. The predicted molar refractivity (Wildman–Crippen MR) is 93.0 cm³/mol. The monoisotopic (exact) mass is 365 g/mol. The number of urea groups is 1. The van der Waals surface area contributed by atoms with Crippen LogP contribution in [0.3, 0.4) is 0 Å². The molecular formula is C18H18F3N3O2. The van der Waals surface area contributed by atoms with E-state index in [0.29, 0.717) is 11.4 Å². The molecule has 0 heterocycles. The molecule has 8 heteroatoms. The highest BCUT2D eigenvalue weighted by atomic mass is 19.4. The number of carbonyl (C=O) groups is 2. The fraction of sp³-hybridized carbons (Fsp3) is 0.222. The van der Waals surface area contributed by atoms with Crippen molar-refractivity contribution in [2.24, 2.45) is 0 Å². The Morgan fingerprint density at radius 3 is 2.27 bits per heavy atom. The Balaban J connectivity index is 1.85. The van der Waals surface area contributed by atoms with Gasteiger partial charge < -0.3 is 10.6 Å². The Labute approximate surface area is 148 Å². The van der Waals surface area contributed by atoms with E-state index in [0.717, 1.165) is 23.3 Å². The van der Waals surface area contributed by atoms with Crippen LogP contribution in [0, 0.1) is 13.8 Å². The summed E-state index contributed by atoms with van der Waals surface area (Å²) in [7, 11) is 0. The van der Waals surface area contributed by atoms with Gasteiger partial charge in [0, 0.05) is 11.4 Å². The van der Waals surface area contributed by atoms with Crippen LogP contribution in [0.15, 0.2) is 42.5 Å². The van der Waals surface area contributed by atoms with Gasteiger partial charge in [0.2, 0.25) is 5.91 Å². The second-order valence-corrected chi connectivity index (χ2v) is 5.68. The van der Waals surface area contributed by atoms with Crippen molar-refractivity contribution in [2.45, 2.75) is 20.0 Å². The summed E-state index contributed by atoms with van der Waals surface area (Å²) in [6.07, 6.45) is -4.41. The topological polar surface area (TPSA) is 70.2 Å². The molecule has 0 aromatic heterocycles. The number of hydrogen-bond acceptors (Lipinski definition) is 3. The van der Waals surface area contributed by atoms with Gasteiger partial charge in [0.25, 0.3) is 0 Å². The van der Waals surface area contributed by atoms with Gasteiger partial charge >= 0.3 is 12.2 Å². The summed E-state index contributed by atoms with van der Waals surface area (Å²) >= 11 is 0. The van der Waals surface area contributed by atoms with E-state index >= 15 is 0 Å². The van der Waals surface area contributed by atoms with E-state index < -0.39 is 23.7 Å². The van der Waals surface area contributed by atoms with E-state index in [1.165, 1.54) is 12.1 Å². The van der Waals surface area contributed by atoms with E-state index in [9.17, 15) is 22.8 Å². The number of hydrogen-bond donors (Lipinski definition) is 3. The Kier molecular flexibility index (Phi) is 5.86. The molecule has 0 saturated carbocycles. The number of aryl methyl sites for hydroxylation is 1. The number of imide groups is 1. The second kappa shape index (κ2) is 7.90. The molecule has 0 radical (unpaired) electrons. The number of carbonyl (C=O) groups excluding carboxylic acids is 2. The zero-order valence-corrected chi connectivity index (χ0v) is 14.2. The molecule has 5 nitrogen and oxygen atoms in total. The van der Waals surface area contributed by atoms with Gasteiger partial charge in [-0.15, -0.1) is 0 Å². The molecule has 0 atom stereocenters. The van der Waals surface area contributed by atoms with Crippen molar-refractivity contribution in [3.05, 3.63) is 59.2 Å². The van der Waals surface area contributed by atoms with Gasteiger partial charge in [-0.05, 0) is 55.3 Å². The fourth-order valence-corrected chi connectivity index (χ4v) is 2.17. The Morgan fingerprint density at radius 2 is 1.65 bits per heavy atom. The number of amides is 3. The van der Waals surface area contributed by atoms with Crippen molar-refractivity contribution in [2.75, 3.05) is 17.2 Å². The van der Waals surface area contributed by atoms with Crippen LogP contribution in [0.2, 0.25) is 0 Å². The summed E-state index contributed by atoms with van der Waals surface area (Å²) in [5.41, 5.74) is 2.03. The van der Waals surface area contributed by atoms with Crippen molar-refractivity contribution in [1.29, 1.82) is 0 Å². The lowest BCUT2D eigenvalue weighted by molar-refractivity contribution is -0.137. The van der Waals surface area contributed by atoms with Crippen LogP contribution in [-0.2, 0) is 11.0 Å². The summed E-state index contributed by atoms with van der Waals surface area (Å²) in [4.78, 5) is 23.6. The van der Waals surface area contributed by atoms with Gasteiger partial charge in [-0.25, -0.2) is 4.79 Å². The molecule has 0 unspecified atom stereocenters. The molecule has 0 fully saturated rings. The normalized spacial score (nSPS) is 11.0. The molecule has 138 valence electrons. The number of nitrogens with one attached hydrogen (secondary N) is 3. The first-order valence-electron chi connectivity index (χ1n) is 7.75. The standard InChI is InChI=1S/C18H18F3N3O2/c1-11-4-3-5-15(12(11)2)23-17(26)24-16(25)10-22-14-8-6-13(7-9-14)18(19,20)21/h3-9,22H,10H2,1-2H3,(H2,23,24,25,26). The summed E-state index contributed by atoms with van der Waals surface area (Å²) < 4.78 is 37.4. The maximum atomic E-state index is 12.5. The fourth-order valence-electron chi connectivity index (χ4n) is 2.17. The third kappa shape index (κ3) is 5.23. The number of rotatable bonds is 4. The lowest BCUT2D eigenvalue weighted by Crippen LogP contribution is -2.38. The molecule has 0 aliphatic carbocycles. The molecule has 0 spiro atoms. The average Bonchev–Trinajstić information content (AvgIpc) is 2.57. The number of anilines is 2. The number of alkyl halides is 3. The molecule has 26 heavy (non-hydrogen) atoms. The highest BCUT2D eigenvalue weighted by Gasteiger charge is 2.29. The highest BCUT2D eigenvalue weighted by molar-refractivity contribution is 6.02. The second-order valence-electron chi connectivity index (χ2n) is 5.68. The molecule has 2 aromatic rings. The minimum Gasteiger partial charge on any atom is -0.376 e. The van der Waals surface area contributed by atoms with Crippen LogP contribution in [0.5, 0.6) is 0 Å². The molecule has 2 rings (SSSR count). The Bertz CT molecular complexity index is 802. The zero-order valence-electron chi connectivity index (χ0n) is 14.2. The minimum absolute atomic E-state index is 0.258. The first-order chi connectivity index (χ1) is 12.2. The molecule has 3 N–H and O–H groups in total. The molecule has 0 saturated heterocycles. The van der Waals surface area contributed by atoms with E-state index in [1.807, 2.05) is 19.9 Å². The average molecular weight is 365 g/mol. The van der Waals surface area contributed by atoms with Gasteiger partial charge in [0.1, 0.15) is 0 Å². The predicted octanol–water partition coefficient (Wildman–Crippen LogP) is 4.08. The van der Waals surface area contributed by atoms with Crippen LogP contribution < -0.4 is 16.0 Å². The van der Waals surface area contributed by atoms with Crippen molar-refractivity contribution < 1.29 is 22.8 Å². The molecule has 0 aliphatic heterocycles. The summed E-state index contributed by atoms with van der Waals surface area (Å²) in [5, 5.41) is 7.38. The third-order valence-electron chi connectivity index (χ3n) is 3.77. The Morgan fingerprint density at radius 1 is 1.00 bits per heavy atom. The van der Waals surface area contributed by atoms with Crippen molar-refractivity contribution in [3.63, 3.8) is 0 Å². The van der Waals surface area contributed by atoms with Crippen LogP contribution in [-0.4, -0.2) is 18.5 Å². The summed E-state index contributed by atoms with van der Waals surface area (Å²) in [6, 6.07) is 8.97.